The van der Waals surface area contributed by atoms with Crippen LogP contribution in [-0.2, 0) is 0 Å². The van der Waals surface area contributed by atoms with Gasteiger partial charge in [-0.05, 0) is 29.2 Å². The summed E-state index contributed by atoms with van der Waals surface area (Å²) >= 11 is 0. The summed E-state index contributed by atoms with van der Waals surface area (Å²) < 4.78 is 0. The molecule has 0 radical (unpaired) electrons. The van der Waals surface area contributed by atoms with Crippen molar-refractivity contribution in [3.05, 3.63) is 83.0 Å². The van der Waals surface area contributed by atoms with Crippen molar-refractivity contribution in [3.63, 3.8) is 0 Å². The molecule has 0 aliphatic heterocycles. The van der Waals surface area contributed by atoms with Gasteiger partial charge in [0, 0.05) is 16.2 Å². The average Bonchev–Trinajstić information content (AvgIpc) is 2.58. The van der Waals surface area contributed by atoms with Crippen molar-refractivity contribution in [1.29, 1.82) is 0 Å². The van der Waals surface area contributed by atoms with Gasteiger partial charge in [-0.25, -0.2) is 0 Å². The first-order valence-electron chi connectivity index (χ1n) is 6.59. The molecule has 20 heavy (non-hydrogen) atoms. The van der Waals surface area contributed by atoms with Crippen LogP contribution in [0.2, 0.25) is 5.54 Å². The van der Waals surface area contributed by atoms with Crippen molar-refractivity contribution in [2.45, 2.75) is 18.4 Å². The largest absolute Gasteiger partial charge is 1.00 e. The first-order valence-corrected chi connectivity index (χ1v) is 7.75. The molecule has 2 atom stereocenters. The first-order chi connectivity index (χ1) is 8.77. The second kappa shape index (κ2) is 7.56. The van der Waals surface area contributed by atoms with Crippen molar-refractivity contribution >= 4 is 10.2 Å². The summed E-state index contributed by atoms with van der Waals surface area (Å²) in [5.41, 5.74) is 6.67. The minimum Gasteiger partial charge on any atom is -1.00 e. The summed E-state index contributed by atoms with van der Waals surface area (Å²) in [7, 11) is 1.20. The molecule has 0 fully saturated rings. The first kappa shape index (κ1) is 17.6. The van der Waals surface area contributed by atoms with Crippen LogP contribution in [0.5, 0.6) is 0 Å². The van der Waals surface area contributed by atoms with Crippen LogP contribution in [0.4, 0.5) is 0 Å². The molecule has 0 N–H and O–H groups in total. The molecule has 0 saturated heterocycles. The molecular formula is C17H20Li2Si. The van der Waals surface area contributed by atoms with Crippen molar-refractivity contribution in [1.82, 2.24) is 0 Å². The third-order valence-electron chi connectivity index (χ3n) is 4.05. The fraction of sp³-hybridized carbons (Fsp3) is 0.176. The SMILES string of the molecule is CC1=CC2=C(C=CC=CC2c2ccccc2)C1[SiH3].[H-].[H-].[Li+].[Li+]. The zero-order valence-corrected chi connectivity index (χ0v) is 14.9. The Balaban J connectivity index is 0. The smallest absolute Gasteiger partial charge is 1.00 e. The van der Waals surface area contributed by atoms with Crippen LogP contribution in [0, 0.1) is 0 Å². The quantitative estimate of drug-likeness (QED) is 0.495. The van der Waals surface area contributed by atoms with E-state index in [9.17, 15) is 0 Å². The van der Waals surface area contributed by atoms with E-state index in [2.05, 4.69) is 67.6 Å². The minimum absolute atomic E-state index is 0. The Labute approximate surface area is 151 Å². The van der Waals surface area contributed by atoms with E-state index in [1.165, 1.54) is 32.5 Å². The zero-order valence-electron chi connectivity index (χ0n) is 14.9. The topological polar surface area (TPSA) is 0 Å². The van der Waals surface area contributed by atoms with Gasteiger partial charge in [-0.15, -0.1) is 0 Å². The third kappa shape index (κ3) is 3.25. The van der Waals surface area contributed by atoms with Gasteiger partial charge in [0.1, 0.15) is 0 Å². The van der Waals surface area contributed by atoms with E-state index >= 15 is 0 Å². The number of hydrogen-bond donors (Lipinski definition) is 0. The Morgan fingerprint density at radius 2 is 1.70 bits per heavy atom. The van der Waals surface area contributed by atoms with E-state index in [-0.39, 0.29) is 40.6 Å². The van der Waals surface area contributed by atoms with Crippen LogP contribution in [-0.4, -0.2) is 10.2 Å². The molecule has 0 heterocycles. The third-order valence-corrected chi connectivity index (χ3v) is 5.58. The van der Waals surface area contributed by atoms with Gasteiger partial charge < -0.3 is 2.85 Å². The van der Waals surface area contributed by atoms with Crippen molar-refractivity contribution in [2.24, 2.45) is 0 Å². The van der Waals surface area contributed by atoms with Gasteiger partial charge in [-0.3, -0.25) is 0 Å². The summed E-state index contributed by atoms with van der Waals surface area (Å²) in [6.45, 7) is 2.27. The molecule has 94 valence electrons. The van der Waals surface area contributed by atoms with Crippen LogP contribution in [0.1, 0.15) is 21.3 Å². The summed E-state index contributed by atoms with van der Waals surface area (Å²) in [4.78, 5) is 0. The summed E-state index contributed by atoms with van der Waals surface area (Å²) in [5.74, 6) is 0.421. The molecule has 0 aromatic heterocycles. The molecule has 1 aromatic carbocycles. The van der Waals surface area contributed by atoms with E-state index in [1.807, 2.05) is 0 Å². The van der Waals surface area contributed by atoms with Gasteiger partial charge in [-0.2, -0.15) is 0 Å². The van der Waals surface area contributed by atoms with E-state index < -0.39 is 0 Å². The van der Waals surface area contributed by atoms with Gasteiger partial charge >= 0.3 is 37.7 Å². The van der Waals surface area contributed by atoms with Crippen LogP contribution < -0.4 is 37.7 Å². The zero-order chi connectivity index (χ0) is 12.5. The minimum atomic E-state index is 0. The average molecular weight is 266 g/mol. The van der Waals surface area contributed by atoms with Crippen LogP contribution in [0.25, 0.3) is 0 Å². The Morgan fingerprint density at radius 1 is 1.00 bits per heavy atom. The van der Waals surface area contributed by atoms with Crippen molar-refractivity contribution < 1.29 is 40.6 Å². The molecular weight excluding hydrogens is 246 g/mol. The molecule has 0 nitrogen and oxygen atoms in total. The summed E-state index contributed by atoms with van der Waals surface area (Å²) in [6, 6.07) is 10.8. The molecule has 0 bridgehead atoms. The standard InChI is InChI=1S/C17H18Si.2Li.2H/c1-12-11-16-14(13-7-3-2-4-8-13)9-5-6-10-15(16)17(12)18;;;;/h2-11,14,17H,1,18H3;;;;/q;2*+1;2*-1. The summed E-state index contributed by atoms with van der Waals surface area (Å²) in [5, 5.41) is 0. The van der Waals surface area contributed by atoms with E-state index in [0.29, 0.717) is 11.5 Å². The maximum absolute atomic E-state index is 2.41. The fourth-order valence-electron chi connectivity index (χ4n) is 2.85. The van der Waals surface area contributed by atoms with Crippen molar-refractivity contribution in [3.8, 4) is 0 Å². The molecule has 2 aliphatic carbocycles. The molecule has 0 spiro atoms. The number of hydrogen-bond acceptors (Lipinski definition) is 0. The number of allylic oxidation sites excluding steroid dienone is 8. The van der Waals surface area contributed by atoms with Gasteiger partial charge in [0.25, 0.3) is 0 Å². The molecule has 0 amide bonds. The number of benzene rings is 1. The molecule has 2 aliphatic rings. The fourth-order valence-corrected chi connectivity index (χ4v) is 3.54. The van der Waals surface area contributed by atoms with Crippen LogP contribution >= 0.6 is 0 Å². The van der Waals surface area contributed by atoms with E-state index in [4.69, 9.17) is 0 Å². The number of rotatable bonds is 1. The van der Waals surface area contributed by atoms with Crippen molar-refractivity contribution in [2.75, 3.05) is 0 Å². The Morgan fingerprint density at radius 3 is 2.40 bits per heavy atom. The Hall–Kier alpha value is -0.408. The van der Waals surface area contributed by atoms with Gasteiger partial charge in [-0.1, -0.05) is 66.3 Å². The Bertz CT molecular complexity index is 592. The second-order valence-electron chi connectivity index (χ2n) is 5.15. The molecule has 0 saturated carbocycles. The van der Waals surface area contributed by atoms with E-state index in [1.54, 1.807) is 0 Å². The monoisotopic (exact) mass is 266 g/mol. The molecule has 1 aromatic rings. The van der Waals surface area contributed by atoms with Gasteiger partial charge in [0.2, 0.25) is 0 Å². The molecule has 3 heteroatoms. The van der Waals surface area contributed by atoms with Gasteiger partial charge in [0.15, 0.2) is 0 Å². The van der Waals surface area contributed by atoms with Gasteiger partial charge in [0.05, 0.1) is 0 Å². The van der Waals surface area contributed by atoms with E-state index in [0.717, 1.165) is 0 Å². The molecule has 3 rings (SSSR count). The Kier molecular flexibility index (Phi) is 6.67. The normalized spacial score (nSPS) is 23.6. The molecule has 2 unspecified atom stereocenters. The predicted molar refractivity (Wildman–Crippen MR) is 84.2 cm³/mol. The maximum Gasteiger partial charge on any atom is 1.00 e. The summed E-state index contributed by atoms with van der Waals surface area (Å²) in [6.07, 6.45) is 11.4. The van der Waals surface area contributed by atoms with Crippen LogP contribution in [0.3, 0.4) is 0 Å². The van der Waals surface area contributed by atoms with Crippen LogP contribution in [0.15, 0.2) is 77.4 Å². The second-order valence-corrected chi connectivity index (χ2v) is 6.31. The maximum atomic E-state index is 2.41. The predicted octanol–water partition coefficient (Wildman–Crippen LogP) is -2.46.